The molecule has 2 rings (SSSR count). The second-order valence-corrected chi connectivity index (χ2v) is 3.87. The highest BCUT2D eigenvalue weighted by Gasteiger charge is 2.24. The minimum atomic E-state index is -0.828. The predicted octanol–water partition coefficient (Wildman–Crippen LogP) is -0.318. The van der Waals surface area contributed by atoms with Gasteiger partial charge in [0.15, 0.2) is 0 Å². The summed E-state index contributed by atoms with van der Waals surface area (Å²) >= 11 is 0. The lowest BCUT2D eigenvalue weighted by Crippen LogP contribution is -2.46. The lowest BCUT2D eigenvalue weighted by atomic mass is 10.0. The van der Waals surface area contributed by atoms with Crippen LogP contribution in [0.5, 0.6) is 0 Å². The first-order valence-electron chi connectivity index (χ1n) is 5.31. The molecule has 2 amide bonds. The van der Waals surface area contributed by atoms with Crippen molar-refractivity contribution in [3.8, 4) is 0 Å². The molecule has 0 bridgehead atoms. The van der Waals surface area contributed by atoms with Crippen molar-refractivity contribution in [2.24, 2.45) is 5.73 Å². The van der Waals surface area contributed by atoms with Crippen LogP contribution in [-0.4, -0.2) is 16.7 Å². The quantitative estimate of drug-likeness (QED) is 0.391. The van der Waals surface area contributed by atoms with E-state index in [1.807, 2.05) is 0 Å². The third-order valence-corrected chi connectivity index (χ3v) is 2.65. The zero-order valence-electron chi connectivity index (χ0n) is 9.62. The van der Waals surface area contributed by atoms with E-state index in [0.717, 1.165) is 0 Å². The molecule has 0 fully saturated rings. The molecule has 0 spiro atoms. The molecule has 8 heteroatoms. The minimum absolute atomic E-state index is 0.0392. The van der Waals surface area contributed by atoms with Gasteiger partial charge in [-0.3, -0.25) is 25.1 Å². The summed E-state index contributed by atoms with van der Waals surface area (Å²) in [7, 11) is 0. The first-order chi connectivity index (χ1) is 8.99. The van der Waals surface area contributed by atoms with Crippen molar-refractivity contribution >= 4 is 17.5 Å². The van der Waals surface area contributed by atoms with Gasteiger partial charge in [0.05, 0.1) is 11.0 Å². The molecule has 4 N–H and O–H groups in total. The molecule has 1 atom stereocenters. The number of non-ortho nitro benzene ring substituents is 1. The van der Waals surface area contributed by atoms with Gasteiger partial charge in [0, 0.05) is 12.1 Å². The monoisotopic (exact) mass is 262 g/mol. The van der Waals surface area contributed by atoms with Crippen molar-refractivity contribution in [2.45, 2.75) is 6.04 Å². The fourth-order valence-corrected chi connectivity index (χ4v) is 1.67. The molecule has 1 unspecified atom stereocenters. The van der Waals surface area contributed by atoms with Gasteiger partial charge in [-0.25, -0.2) is 5.43 Å². The highest BCUT2D eigenvalue weighted by Crippen LogP contribution is 2.21. The Kier molecular flexibility index (Phi) is 3.25. The summed E-state index contributed by atoms with van der Waals surface area (Å²) in [6.07, 6.45) is 1.38. The first kappa shape index (κ1) is 12.7. The van der Waals surface area contributed by atoms with Crippen molar-refractivity contribution in [1.82, 2.24) is 10.9 Å². The van der Waals surface area contributed by atoms with Crippen LogP contribution in [0.15, 0.2) is 35.9 Å². The first-order valence-corrected chi connectivity index (χ1v) is 5.31. The summed E-state index contributed by atoms with van der Waals surface area (Å²) in [5.74, 6) is -1.43. The van der Waals surface area contributed by atoms with Crippen LogP contribution in [0.25, 0.3) is 0 Å². The molecule has 0 saturated heterocycles. The fourth-order valence-electron chi connectivity index (χ4n) is 1.67. The van der Waals surface area contributed by atoms with Gasteiger partial charge < -0.3 is 5.73 Å². The van der Waals surface area contributed by atoms with Crippen molar-refractivity contribution in [2.75, 3.05) is 0 Å². The Bertz CT molecular complexity index is 579. The molecule has 0 saturated carbocycles. The van der Waals surface area contributed by atoms with Crippen LogP contribution >= 0.6 is 0 Å². The number of nitrogens with one attached hydrogen (secondary N) is 2. The fraction of sp³-hybridized carbons (Fsp3) is 0.0909. The molecule has 1 aliphatic rings. The number of hydrogen-bond acceptors (Lipinski definition) is 5. The maximum Gasteiger partial charge on any atom is 0.270 e. The van der Waals surface area contributed by atoms with E-state index >= 15 is 0 Å². The minimum Gasteiger partial charge on any atom is -0.365 e. The van der Waals surface area contributed by atoms with Gasteiger partial charge in [0.25, 0.3) is 17.5 Å². The molecular weight excluding hydrogens is 252 g/mol. The molecule has 0 aliphatic carbocycles. The number of carbonyl (C=O) groups excluding carboxylic acids is 2. The number of primary amides is 1. The van der Waals surface area contributed by atoms with E-state index in [1.54, 1.807) is 0 Å². The number of benzene rings is 1. The Labute approximate surface area is 107 Å². The van der Waals surface area contributed by atoms with Gasteiger partial charge in [0.1, 0.15) is 5.57 Å². The van der Waals surface area contributed by atoms with E-state index in [2.05, 4.69) is 10.9 Å². The summed E-state index contributed by atoms with van der Waals surface area (Å²) in [6, 6.07) is 5.27. The van der Waals surface area contributed by atoms with Crippen molar-refractivity contribution in [3.05, 3.63) is 51.6 Å². The van der Waals surface area contributed by atoms with E-state index in [-0.39, 0.29) is 11.3 Å². The third-order valence-electron chi connectivity index (χ3n) is 2.65. The standard InChI is InChI=1S/C11H10N4O4/c12-10(16)8-5-9(13-14-11(8)17)6-1-3-7(4-2-6)15(18)19/h1-5,9,13H,(H2,12,16)(H,14,17). The number of nitrogens with zero attached hydrogens (tertiary/aromatic N) is 1. The number of nitro benzene ring substituents is 1. The average molecular weight is 262 g/mol. The lowest BCUT2D eigenvalue weighted by Gasteiger charge is -2.22. The van der Waals surface area contributed by atoms with Crippen LogP contribution in [0, 0.1) is 10.1 Å². The Morgan fingerprint density at radius 1 is 1.32 bits per heavy atom. The van der Waals surface area contributed by atoms with Crippen LogP contribution in [0.1, 0.15) is 11.6 Å². The van der Waals surface area contributed by atoms with Gasteiger partial charge in [-0.05, 0) is 11.6 Å². The molecule has 1 heterocycles. The SMILES string of the molecule is NC(=O)C1=CC(c2ccc([N+](=O)[O-])cc2)NNC1=O. The number of amides is 2. The number of rotatable bonds is 3. The van der Waals surface area contributed by atoms with Gasteiger partial charge in [0.2, 0.25) is 0 Å². The van der Waals surface area contributed by atoms with Gasteiger partial charge in [-0.2, -0.15) is 0 Å². The summed E-state index contributed by atoms with van der Waals surface area (Å²) < 4.78 is 0. The van der Waals surface area contributed by atoms with E-state index in [1.165, 1.54) is 30.3 Å². The molecule has 98 valence electrons. The Morgan fingerprint density at radius 2 is 1.95 bits per heavy atom. The number of carbonyl (C=O) groups is 2. The largest absolute Gasteiger partial charge is 0.365 e. The third kappa shape index (κ3) is 2.58. The second-order valence-electron chi connectivity index (χ2n) is 3.87. The maximum atomic E-state index is 11.3. The molecule has 8 nitrogen and oxygen atoms in total. The van der Waals surface area contributed by atoms with Gasteiger partial charge in [-0.15, -0.1) is 0 Å². The topological polar surface area (TPSA) is 127 Å². The predicted molar refractivity (Wildman–Crippen MR) is 64.4 cm³/mol. The number of hydrogen-bond donors (Lipinski definition) is 3. The number of nitrogens with two attached hydrogens (primary N) is 1. The zero-order chi connectivity index (χ0) is 14.0. The van der Waals surface area contributed by atoms with Crippen LogP contribution in [0.2, 0.25) is 0 Å². The summed E-state index contributed by atoms with van der Waals surface area (Å²) in [5, 5.41) is 10.5. The van der Waals surface area contributed by atoms with E-state index in [9.17, 15) is 19.7 Å². The van der Waals surface area contributed by atoms with Crippen molar-refractivity contribution in [1.29, 1.82) is 0 Å². The maximum absolute atomic E-state index is 11.3. The van der Waals surface area contributed by atoms with Crippen LogP contribution in [0.4, 0.5) is 5.69 Å². The Morgan fingerprint density at radius 3 is 2.47 bits per heavy atom. The Balaban J connectivity index is 2.29. The second kappa shape index (κ2) is 4.86. The molecule has 0 aromatic heterocycles. The highest BCUT2D eigenvalue weighted by molar-refractivity contribution is 6.18. The molecule has 0 radical (unpaired) electrons. The molecule has 1 aromatic carbocycles. The van der Waals surface area contributed by atoms with E-state index in [0.29, 0.717) is 5.56 Å². The van der Waals surface area contributed by atoms with Gasteiger partial charge >= 0.3 is 0 Å². The van der Waals surface area contributed by atoms with E-state index < -0.39 is 22.8 Å². The summed E-state index contributed by atoms with van der Waals surface area (Å²) in [5.41, 5.74) is 10.5. The lowest BCUT2D eigenvalue weighted by molar-refractivity contribution is -0.384. The smallest absolute Gasteiger partial charge is 0.270 e. The number of hydrazine groups is 1. The van der Waals surface area contributed by atoms with Crippen LogP contribution in [0.3, 0.4) is 0 Å². The Hall–Kier alpha value is -2.74. The summed E-state index contributed by atoms with van der Waals surface area (Å²) in [4.78, 5) is 32.4. The zero-order valence-corrected chi connectivity index (χ0v) is 9.62. The van der Waals surface area contributed by atoms with Crippen molar-refractivity contribution in [3.63, 3.8) is 0 Å². The van der Waals surface area contributed by atoms with Crippen molar-refractivity contribution < 1.29 is 14.5 Å². The van der Waals surface area contributed by atoms with E-state index in [4.69, 9.17) is 5.73 Å². The molecule has 1 aromatic rings. The highest BCUT2D eigenvalue weighted by atomic mass is 16.6. The van der Waals surface area contributed by atoms with Crippen LogP contribution in [-0.2, 0) is 9.59 Å². The van der Waals surface area contributed by atoms with Crippen LogP contribution < -0.4 is 16.6 Å². The average Bonchev–Trinajstić information content (AvgIpc) is 2.39. The van der Waals surface area contributed by atoms with Gasteiger partial charge in [-0.1, -0.05) is 12.1 Å². The molecule has 19 heavy (non-hydrogen) atoms. The molecular formula is C11H10N4O4. The summed E-state index contributed by atoms with van der Waals surface area (Å²) in [6.45, 7) is 0. The number of nitro groups is 1. The molecule has 1 aliphatic heterocycles. The normalized spacial score (nSPS) is 18.4.